The van der Waals surface area contributed by atoms with E-state index >= 15 is 0 Å². The van der Waals surface area contributed by atoms with Crippen LogP contribution in [-0.4, -0.2) is 31.6 Å². The second kappa shape index (κ2) is 8.58. The van der Waals surface area contributed by atoms with Crippen molar-refractivity contribution in [1.29, 1.82) is 0 Å². The van der Waals surface area contributed by atoms with E-state index in [1.54, 1.807) is 36.4 Å². The Morgan fingerprint density at radius 2 is 1.57 bits per heavy atom. The molecule has 120 valence electrons. The summed E-state index contributed by atoms with van der Waals surface area (Å²) in [6.07, 6.45) is -0.458. The molecular formula is C18H19NO4. The van der Waals surface area contributed by atoms with Crippen molar-refractivity contribution in [2.45, 2.75) is 6.92 Å². The van der Waals surface area contributed by atoms with Gasteiger partial charge in [0.1, 0.15) is 19.0 Å². The number of carbonyl (C=O) groups is 2. The molecule has 5 heteroatoms. The molecule has 0 heterocycles. The van der Waals surface area contributed by atoms with Crippen molar-refractivity contribution in [3.63, 3.8) is 0 Å². The van der Waals surface area contributed by atoms with Crippen molar-refractivity contribution in [3.8, 4) is 5.75 Å². The van der Waals surface area contributed by atoms with Gasteiger partial charge in [-0.3, -0.25) is 4.79 Å². The molecule has 2 aromatic rings. The van der Waals surface area contributed by atoms with Crippen LogP contribution < -0.4 is 10.1 Å². The van der Waals surface area contributed by atoms with E-state index in [0.29, 0.717) is 23.4 Å². The number of ether oxygens (including phenoxy) is 2. The summed E-state index contributed by atoms with van der Waals surface area (Å²) in [7, 11) is 0. The first-order valence-electron chi connectivity index (χ1n) is 7.44. The summed E-state index contributed by atoms with van der Waals surface area (Å²) >= 11 is 0. The van der Waals surface area contributed by atoms with Gasteiger partial charge < -0.3 is 14.8 Å². The molecule has 2 aromatic carbocycles. The van der Waals surface area contributed by atoms with Crippen LogP contribution in [0.5, 0.6) is 5.75 Å². The van der Waals surface area contributed by atoms with Crippen LogP contribution in [0.3, 0.4) is 0 Å². The van der Waals surface area contributed by atoms with Crippen molar-refractivity contribution in [2.24, 2.45) is 0 Å². The number of ketones is 1. The number of benzene rings is 2. The molecule has 0 saturated carbocycles. The van der Waals surface area contributed by atoms with Gasteiger partial charge in [0.25, 0.3) is 0 Å². The number of hydrogen-bond donors (Lipinski definition) is 1. The second-order valence-electron chi connectivity index (χ2n) is 4.73. The van der Waals surface area contributed by atoms with Gasteiger partial charge in [0.15, 0.2) is 5.78 Å². The van der Waals surface area contributed by atoms with E-state index in [1.165, 1.54) is 0 Å². The smallest absolute Gasteiger partial charge is 0.407 e. The van der Waals surface area contributed by atoms with Crippen LogP contribution in [0.1, 0.15) is 22.8 Å². The lowest BCUT2D eigenvalue weighted by Gasteiger charge is -2.08. The molecule has 0 saturated heterocycles. The second-order valence-corrected chi connectivity index (χ2v) is 4.73. The lowest BCUT2D eigenvalue weighted by molar-refractivity contribution is 0.103. The van der Waals surface area contributed by atoms with Crippen LogP contribution in [0.15, 0.2) is 54.6 Å². The van der Waals surface area contributed by atoms with E-state index in [1.807, 2.05) is 25.1 Å². The number of amides is 1. The fourth-order valence-electron chi connectivity index (χ4n) is 1.95. The van der Waals surface area contributed by atoms with E-state index in [4.69, 9.17) is 9.47 Å². The largest absolute Gasteiger partial charge is 0.490 e. The van der Waals surface area contributed by atoms with Crippen LogP contribution in [0.2, 0.25) is 0 Å². The molecule has 0 unspecified atom stereocenters. The molecule has 0 bridgehead atoms. The number of hydrogen-bond acceptors (Lipinski definition) is 4. The minimum Gasteiger partial charge on any atom is -0.490 e. The minimum absolute atomic E-state index is 0.0308. The lowest BCUT2D eigenvalue weighted by Crippen LogP contribution is -2.25. The Morgan fingerprint density at radius 1 is 0.913 bits per heavy atom. The van der Waals surface area contributed by atoms with Crippen molar-refractivity contribution in [3.05, 3.63) is 65.7 Å². The molecule has 0 atom stereocenters. The summed E-state index contributed by atoms with van der Waals surface area (Å²) in [5.41, 5.74) is 1.25. The first-order valence-corrected chi connectivity index (χ1v) is 7.44. The SMILES string of the molecule is CCNC(=O)OCCOc1ccc(C(=O)c2ccccc2)cc1. The van der Waals surface area contributed by atoms with Crippen LogP contribution in [-0.2, 0) is 4.74 Å². The van der Waals surface area contributed by atoms with Gasteiger partial charge >= 0.3 is 6.09 Å². The minimum atomic E-state index is -0.458. The predicted octanol–water partition coefficient (Wildman–Crippen LogP) is 3.04. The molecule has 0 fully saturated rings. The van der Waals surface area contributed by atoms with Crippen LogP contribution in [0, 0.1) is 0 Å². The van der Waals surface area contributed by atoms with E-state index in [9.17, 15) is 9.59 Å². The van der Waals surface area contributed by atoms with Gasteiger partial charge in [-0.15, -0.1) is 0 Å². The summed E-state index contributed by atoms with van der Waals surface area (Å²) in [5.74, 6) is 0.589. The van der Waals surface area contributed by atoms with Gasteiger partial charge in [-0.1, -0.05) is 30.3 Å². The molecule has 0 aliphatic heterocycles. The maximum absolute atomic E-state index is 12.2. The Hall–Kier alpha value is -2.82. The number of nitrogens with one attached hydrogen (secondary N) is 1. The maximum Gasteiger partial charge on any atom is 0.407 e. The van der Waals surface area contributed by atoms with E-state index in [0.717, 1.165) is 0 Å². The van der Waals surface area contributed by atoms with E-state index in [-0.39, 0.29) is 19.0 Å². The van der Waals surface area contributed by atoms with Gasteiger partial charge in [0, 0.05) is 17.7 Å². The van der Waals surface area contributed by atoms with Gasteiger partial charge in [-0.25, -0.2) is 4.79 Å². The maximum atomic E-state index is 12.2. The van der Waals surface area contributed by atoms with Gasteiger partial charge in [0.2, 0.25) is 0 Å². The van der Waals surface area contributed by atoms with Crippen LogP contribution in [0.4, 0.5) is 4.79 Å². The third kappa shape index (κ3) is 5.14. The zero-order chi connectivity index (χ0) is 16.5. The number of rotatable bonds is 7. The zero-order valence-corrected chi connectivity index (χ0v) is 13.0. The quantitative estimate of drug-likeness (QED) is 0.630. The fourth-order valence-corrected chi connectivity index (χ4v) is 1.95. The van der Waals surface area contributed by atoms with Crippen molar-refractivity contribution < 1.29 is 19.1 Å². The number of carbonyl (C=O) groups excluding carboxylic acids is 2. The third-order valence-corrected chi connectivity index (χ3v) is 3.06. The molecule has 2 rings (SSSR count). The predicted molar refractivity (Wildman–Crippen MR) is 86.8 cm³/mol. The van der Waals surface area contributed by atoms with Crippen molar-refractivity contribution >= 4 is 11.9 Å². The molecule has 0 aromatic heterocycles. The molecule has 0 radical (unpaired) electrons. The molecule has 5 nitrogen and oxygen atoms in total. The van der Waals surface area contributed by atoms with Crippen LogP contribution >= 0.6 is 0 Å². The summed E-state index contributed by atoms with van der Waals surface area (Å²) in [5, 5.41) is 2.53. The Balaban J connectivity index is 1.83. The fraction of sp³-hybridized carbons (Fsp3) is 0.222. The standard InChI is InChI=1S/C18H19NO4/c1-2-19-18(21)23-13-12-22-16-10-8-15(9-11-16)17(20)14-6-4-3-5-7-14/h3-11H,2,12-13H2,1H3,(H,19,21). The van der Waals surface area contributed by atoms with E-state index in [2.05, 4.69) is 5.32 Å². The normalized spacial score (nSPS) is 9.96. The zero-order valence-electron chi connectivity index (χ0n) is 13.0. The molecule has 1 N–H and O–H groups in total. The summed E-state index contributed by atoms with van der Waals surface area (Å²) in [6.45, 7) is 2.76. The molecule has 0 aliphatic carbocycles. The van der Waals surface area contributed by atoms with Crippen molar-refractivity contribution in [1.82, 2.24) is 5.32 Å². The highest BCUT2D eigenvalue weighted by Gasteiger charge is 2.08. The Morgan fingerprint density at radius 3 is 2.22 bits per heavy atom. The molecule has 1 amide bonds. The molecule has 0 aliphatic rings. The first-order chi connectivity index (χ1) is 11.2. The van der Waals surface area contributed by atoms with Crippen molar-refractivity contribution in [2.75, 3.05) is 19.8 Å². The van der Waals surface area contributed by atoms with Gasteiger partial charge in [-0.05, 0) is 31.2 Å². The number of alkyl carbamates (subject to hydrolysis) is 1. The van der Waals surface area contributed by atoms with Gasteiger partial charge in [0.05, 0.1) is 0 Å². The average molecular weight is 313 g/mol. The van der Waals surface area contributed by atoms with Gasteiger partial charge in [-0.2, -0.15) is 0 Å². The van der Waals surface area contributed by atoms with Crippen LogP contribution in [0.25, 0.3) is 0 Å². The Kier molecular flexibility index (Phi) is 6.17. The van der Waals surface area contributed by atoms with E-state index < -0.39 is 6.09 Å². The highest BCUT2D eigenvalue weighted by Crippen LogP contribution is 2.15. The topological polar surface area (TPSA) is 64.6 Å². The average Bonchev–Trinajstić information content (AvgIpc) is 2.60. The summed E-state index contributed by atoms with van der Waals surface area (Å²) in [4.78, 5) is 23.3. The first kappa shape index (κ1) is 16.5. The summed E-state index contributed by atoms with van der Waals surface area (Å²) in [6, 6.07) is 16.0. The highest BCUT2D eigenvalue weighted by molar-refractivity contribution is 6.08. The third-order valence-electron chi connectivity index (χ3n) is 3.06. The monoisotopic (exact) mass is 313 g/mol. The molecular weight excluding hydrogens is 294 g/mol. The molecule has 23 heavy (non-hydrogen) atoms. The molecule has 0 spiro atoms. The Bertz CT molecular complexity index is 638. The lowest BCUT2D eigenvalue weighted by atomic mass is 10.0. The Labute approximate surface area is 135 Å². The summed E-state index contributed by atoms with van der Waals surface area (Å²) < 4.78 is 10.4. The highest BCUT2D eigenvalue weighted by atomic mass is 16.6.